The van der Waals surface area contributed by atoms with E-state index in [1.807, 2.05) is 0 Å². The van der Waals surface area contributed by atoms with Crippen molar-refractivity contribution in [2.75, 3.05) is 25.6 Å². The number of aromatic nitrogens is 3. The average molecular weight is 501 g/mol. The second-order valence-corrected chi connectivity index (χ2v) is 10.0. The number of rotatable bonds is 9. The standard InChI is InChI=1S/C24H25FN4O5S/c1-17-23(27-16-28-24(17)34-21-7-2-3-8-22(21)35(31,32)15-25)33-18-9-12-29(13-10-18)14-20(30)19-6-4-5-11-26-19/h2-8,11,16,18H,9-10,12-15H2,1H3. The van der Waals surface area contributed by atoms with Crippen LogP contribution in [0.3, 0.4) is 0 Å². The molecule has 11 heteroatoms. The van der Waals surface area contributed by atoms with Crippen LogP contribution in [0.15, 0.2) is 59.9 Å². The third-order valence-electron chi connectivity index (χ3n) is 5.66. The number of hydrogen-bond donors (Lipinski definition) is 0. The zero-order valence-corrected chi connectivity index (χ0v) is 19.9. The fourth-order valence-electron chi connectivity index (χ4n) is 3.75. The van der Waals surface area contributed by atoms with Gasteiger partial charge in [-0.25, -0.2) is 22.8 Å². The van der Waals surface area contributed by atoms with Gasteiger partial charge < -0.3 is 9.47 Å². The van der Waals surface area contributed by atoms with E-state index >= 15 is 0 Å². The zero-order valence-electron chi connectivity index (χ0n) is 19.1. The molecule has 2 aromatic heterocycles. The highest BCUT2D eigenvalue weighted by molar-refractivity contribution is 7.91. The minimum Gasteiger partial charge on any atom is -0.474 e. The predicted octanol–water partition coefficient (Wildman–Crippen LogP) is 3.40. The number of ketones is 1. The van der Waals surface area contributed by atoms with Crippen molar-refractivity contribution in [1.29, 1.82) is 0 Å². The molecule has 35 heavy (non-hydrogen) atoms. The number of likely N-dealkylation sites (tertiary alicyclic amines) is 1. The van der Waals surface area contributed by atoms with E-state index in [1.165, 1.54) is 24.5 Å². The second kappa shape index (κ2) is 10.9. The summed E-state index contributed by atoms with van der Waals surface area (Å²) < 4.78 is 49.0. The quantitative estimate of drug-likeness (QED) is 0.408. The Bertz CT molecular complexity index is 1280. The van der Waals surface area contributed by atoms with Gasteiger partial charge in [-0.2, -0.15) is 0 Å². The minimum absolute atomic E-state index is 0.0199. The lowest BCUT2D eigenvalue weighted by atomic mass is 10.1. The number of nitrogens with zero attached hydrogens (tertiary/aromatic N) is 4. The number of hydrogen-bond acceptors (Lipinski definition) is 9. The van der Waals surface area contributed by atoms with E-state index in [0.717, 1.165) is 0 Å². The van der Waals surface area contributed by atoms with Gasteiger partial charge in [0.25, 0.3) is 0 Å². The van der Waals surface area contributed by atoms with Gasteiger partial charge in [-0.1, -0.05) is 18.2 Å². The Morgan fingerprint density at radius 1 is 1.06 bits per heavy atom. The van der Waals surface area contributed by atoms with Crippen molar-refractivity contribution in [3.8, 4) is 17.5 Å². The summed E-state index contributed by atoms with van der Waals surface area (Å²) in [6, 6.07) is 9.55. The first-order chi connectivity index (χ1) is 16.9. The van der Waals surface area contributed by atoms with Crippen LogP contribution < -0.4 is 9.47 Å². The number of pyridine rings is 1. The van der Waals surface area contributed by atoms with Gasteiger partial charge in [-0.3, -0.25) is 14.7 Å². The van der Waals surface area contributed by atoms with Crippen LogP contribution in [-0.4, -0.2) is 65.8 Å². The molecule has 0 N–H and O–H groups in total. The van der Waals surface area contributed by atoms with Gasteiger partial charge in [-0.15, -0.1) is 0 Å². The molecule has 1 aromatic carbocycles. The summed E-state index contributed by atoms with van der Waals surface area (Å²) >= 11 is 0. The number of para-hydroxylation sites is 1. The molecule has 0 amide bonds. The number of alkyl halides is 1. The van der Waals surface area contributed by atoms with Crippen LogP contribution in [-0.2, 0) is 9.84 Å². The van der Waals surface area contributed by atoms with Crippen LogP contribution >= 0.6 is 0 Å². The third kappa shape index (κ3) is 5.98. The molecular formula is C24H25FN4O5S. The lowest BCUT2D eigenvalue weighted by Crippen LogP contribution is -2.41. The highest BCUT2D eigenvalue weighted by Crippen LogP contribution is 2.33. The van der Waals surface area contributed by atoms with Gasteiger partial charge >= 0.3 is 0 Å². The van der Waals surface area contributed by atoms with E-state index in [0.29, 0.717) is 49.6 Å². The number of carbonyl (C=O) groups is 1. The molecule has 1 aliphatic heterocycles. The second-order valence-electron chi connectivity index (χ2n) is 8.11. The van der Waals surface area contributed by atoms with Crippen molar-refractivity contribution in [3.05, 3.63) is 66.2 Å². The first-order valence-electron chi connectivity index (χ1n) is 11.1. The zero-order chi connectivity index (χ0) is 24.8. The Balaban J connectivity index is 1.39. The molecule has 9 nitrogen and oxygen atoms in total. The Hall–Kier alpha value is -3.44. The lowest BCUT2D eigenvalue weighted by molar-refractivity contribution is 0.0771. The fraction of sp³-hybridized carbons (Fsp3) is 0.333. The van der Waals surface area contributed by atoms with E-state index in [2.05, 4.69) is 19.9 Å². The van der Waals surface area contributed by atoms with Gasteiger partial charge in [0.1, 0.15) is 28.8 Å². The molecule has 3 heterocycles. The third-order valence-corrected chi connectivity index (χ3v) is 6.95. The topological polar surface area (TPSA) is 112 Å². The maximum atomic E-state index is 13.0. The number of Topliss-reactive ketones (excluding diaryl/α,β-unsaturated/α-hetero) is 1. The number of carbonyl (C=O) groups excluding carboxylic acids is 1. The summed E-state index contributed by atoms with van der Waals surface area (Å²) in [5, 5.41) is 0. The molecule has 0 radical (unpaired) electrons. The van der Waals surface area contributed by atoms with Crippen molar-refractivity contribution < 1.29 is 27.1 Å². The largest absolute Gasteiger partial charge is 0.474 e. The normalized spacial score (nSPS) is 15.0. The van der Waals surface area contributed by atoms with Crippen LogP contribution in [0.2, 0.25) is 0 Å². The van der Waals surface area contributed by atoms with Crippen LogP contribution in [0.25, 0.3) is 0 Å². The first kappa shape index (κ1) is 24.7. The molecule has 4 rings (SSSR count). The van der Waals surface area contributed by atoms with Crippen LogP contribution in [0, 0.1) is 6.92 Å². The Labute approximate surface area is 202 Å². The van der Waals surface area contributed by atoms with Crippen molar-refractivity contribution in [2.24, 2.45) is 0 Å². The SMILES string of the molecule is Cc1c(Oc2ccccc2S(=O)(=O)CF)ncnc1OC1CCN(CC(=O)c2ccccn2)CC1. The fourth-order valence-corrected chi connectivity index (χ4v) is 4.57. The molecule has 1 aliphatic rings. The highest BCUT2D eigenvalue weighted by atomic mass is 32.2. The maximum Gasteiger partial charge on any atom is 0.229 e. The average Bonchev–Trinajstić information content (AvgIpc) is 2.88. The molecule has 0 unspecified atom stereocenters. The van der Waals surface area contributed by atoms with E-state index in [1.54, 1.807) is 37.4 Å². The minimum atomic E-state index is -4.13. The Morgan fingerprint density at radius 3 is 2.49 bits per heavy atom. The lowest BCUT2D eigenvalue weighted by Gasteiger charge is -2.31. The molecule has 0 bridgehead atoms. The van der Waals surface area contributed by atoms with Crippen molar-refractivity contribution in [2.45, 2.75) is 30.8 Å². The summed E-state index contributed by atoms with van der Waals surface area (Å²) in [5.41, 5.74) is 0.948. The van der Waals surface area contributed by atoms with Crippen molar-refractivity contribution in [3.63, 3.8) is 0 Å². The summed E-state index contributed by atoms with van der Waals surface area (Å²) in [6.07, 6.45) is 4.16. The number of sulfone groups is 1. The number of piperidine rings is 1. The van der Waals surface area contributed by atoms with Crippen LogP contribution in [0.5, 0.6) is 17.5 Å². The molecule has 0 aliphatic carbocycles. The predicted molar refractivity (Wildman–Crippen MR) is 125 cm³/mol. The van der Waals surface area contributed by atoms with Gasteiger partial charge in [0.15, 0.2) is 11.8 Å². The molecular weight excluding hydrogens is 475 g/mol. The Kier molecular flexibility index (Phi) is 7.67. The highest BCUT2D eigenvalue weighted by Gasteiger charge is 2.25. The molecule has 3 aromatic rings. The maximum absolute atomic E-state index is 13.0. The monoisotopic (exact) mass is 500 g/mol. The number of halogens is 1. The van der Waals surface area contributed by atoms with E-state index < -0.39 is 15.8 Å². The van der Waals surface area contributed by atoms with Gasteiger partial charge in [0, 0.05) is 19.3 Å². The molecule has 0 spiro atoms. The summed E-state index contributed by atoms with van der Waals surface area (Å²) in [4.78, 5) is 26.6. The summed E-state index contributed by atoms with van der Waals surface area (Å²) in [7, 11) is -4.13. The molecule has 0 saturated carbocycles. The smallest absolute Gasteiger partial charge is 0.229 e. The first-order valence-corrected chi connectivity index (χ1v) is 12.7. The summed E-state index contributed by atoms with van der Waals surface area (Å²) in [5.74, 6) is 0.399. The van der Waals surface area contributed by atoms with E-state index in [-0.39, 0.29) is 28.4 Å². The van der Waals surface area contributed by atoms with Gasteiger partial charge in [0.05, 0.1) is 12.1 Å². The molecule has 184 valence electrons. The van der Waals surface area contributed by atoms with Gasteiger partial charge in [0.2, 0.25) is 21.6 Å². The number of benzene rings is 1. The van der Waals surface area contributed by atoms with Gasteiger partial charge in [-0.05, 0) is 44.0 Å². The van der Waals surface area contributed by atoms with Crippen LogP contribution in [0.1, 0.15) is 28.9 Å². The molecule has 1 saturated heterocycles. The molecule has 1 fully saturated rings. The molecule has 0 atom stereocenters. The van der Waals surface area contributed by atoms with Crippen molar-refractivity contribution >= 4 is 15.6 Å². The number of ether oxygens (including phenoxy) is 2. The van der Waals surface area contributed by atoms with Crippen molar-refractivity contribution in [1.82, 2.24) is 19.9 Å². The Morgan fingerprint density at radius 2 is 1.77 bits per heavy atom. The van der Waals surface area contributed by atoms with Crippen LogP contribution in [0.4, 0.5) is 4.39 Å². The van der Waals surface area contributed by atoms with E-state index in [9.17, 15) is 17.6 Å². The van der Waals surface area contributed by atoms with E-state index in [4.69, 9.17) is 9.47 Å². The summed E-state index contributed by atoms with van der Waals surface area (Å²) in [6.45, 7) is 3.38.